The first-order chi connectivity index (χ1) is 13.1. The van der Waals surface area contributed by atoms with E-state index >= 15 is 0 Å². The topological polar surface area (TPSA) is 77.7 Å². The van der Waals surface area contributed by atoms with Gasteiger partial charge < -0.3 is 24.4 Å². The number of nitrogens with one attached hydrogen (secondary N) is 1. The normalized spacial score (nSPS) is 17.4. The Morgan fingerprint density at radius 2 is 2.11 bits per heavy atom. The van der Waals surface area contributed by atoms with Crippen LogP contribution in [0.15, 0.2) is 22.8 Å². The molecule has 0 atom stereocenters. The van der Waals surface area contributed by atoms with Gasteiger partial charge in [-0.3, -0.25) is 4.79 Å². The van der Waals surface area contributed by atoms with Crippen molar-refractivity contribution in [2.75, 3.05) is 56.6 Å². The van der Waals surface area contributed by atoms with E-state index in [4.69, 9.17) is 14.4 Å². The van der Waals surface area contributed by atoms with E-state index in [1.165, 1.54) is 5.56 Å². The maximum atomic E-state index is 12.6. The highest BCUT2D eigenvalue weighted by Gasteiger charge is 2.26. The molecular formula is C19H26N6O2. The lowest BCUT2D eigenvalue weighted by Gasteiger charge is -2.29. The van der Waals surface area contributed by atoms with Gasteiger partial charge in [-0.2, -0.15) is 4.98 Å². The van der Waals surface area contributed by atoms with Gasteiger partial charge in [0.05, 0.1) is 12.0 Å². The molecule has 0 unspecified atom stereocenters. The van der Waals surface area contributed by atoms with Gasteiger partial charge in [-0.1, -0.05) is 0 Å². The van der Waals surface area contributed by atoms with Gasteiger partial charge in [0.1, 0.15) is 5.82 Å². The van der Waals surface area contributed by atoms with E-state index in [1.807, 2.05) is 23.9 Å². The monoisotopic (exact) mass is 370 g/mol. The minimum absolute atomic E-state index is 0.0373. The highest BCUT2D eigenvalue weighted by Crippen LogP contribution is 2.27. The maximum Gasteiger partial charge on any atom is 0.289 e. The van der Waals surface area contributed by atoms with Crippen LogP contribution in [0.3, 0.4) is 0 Å². The highest BCUT2D eigenvalue weighted by atomic mass is 16.3. The number of aromatic nitrogens is 2. The van der Waals surface area contributed by atoms with Crippen molar-refractivity contribution in [3.05, 3.63) is 35.4 Å². The third-order valence-electron chi connectivity index (χ3n) is 5.12. The lowest BCUT2D eigenvalue weighted by Crippen LogP contribution is -2.36. The van der Waals surface area contributed by atoms with Gasteiger partial charge in [0.25, 0.3) is 5.91 Å². The molecule has 2 aromatic heterocycles. The summed E-state index contributed by atoms with van der Waals surface area (Å²) in [5.41, 5.74) is 2.33. The summed E-state index contributed by atoms with van der Waals surface area (Å²) in [5.74, 6) is 2.13. The lowest BCUT2D eigenvalue weighted by atomic mass is 10.1. The number of rotatable bonds is 3. The summed E-state index contributed by atoms with van der Waals surface area (Å²) in [6, 6.07) is 3.48. The van der Waals surface area contributed by atoms with Crippen molar-refractivity contribution >= 4 is 17.7 Å². The molecule has 8 nitrogen and oxygen atoms in total. The Bertz CT molecular complexity index is 805. The molecule has 2 aliphatic rings. The van der Waals surface area contributed by atoms with Crippen LogP contribution < -0.4 is 15.1 Å². The fourth-order valence-electron chi connectivity index (χ4n) is 3.68. The molecule has 0 aliphatic carbocycles. The number of carbonyl (C=O) groups is 1. The van der Waals surface area contributed by atoms with Crippen molar-refractivity contribution in [1.82, 2.24) is 20.2 Å². The van der Waals surface area contributed by atoms with Gasteiger partial charge in [0.15, 0.2) is 5.76 Å². The fourth-order valence-corrected chi connectivity index (χ4v) is 3.68. The molecule has 27 heavy (non-hydrogen) atoms. The first-order valence-electron chi connectivity index (χ1n) is 9.49. The second-order valence-electron chi connectivity index (χ2n) is 7.20. The Morgan fingerprint density at radius 3 is 2.89 bits per heavy atom. The van der Waals surface area contributed by atoms with Gasteiger partial charge in [0.2, 0.25) is 5.95 Å². The largest absolute Gasteiger partial charge is 0.459 e. The molecule has 4 rings (SSSR count). The van der Waals surface area contributed by atoms with Crippen LogP contribution >= 0.6 is 0 Å². The molecule has 0 aromatic carbocycles. The van der Waals surface area contributed by atoms with Crippen molar-refractivity contribution in [1.29, 1.82) is 0 Å². The highest BCUT2D eigenvalue weighted by molar-refractivity contribution is 5.91. The van der Waals surface area contributed by atoms with E-state index in [2.05, 4.69) is 10.2 Å². The zero-order valence-corrected chi connectivity index (χ0v) is 15.9. The summed E-state index contributed by atoms with van der Waals surface area (Å²) in [6.45, 7) is 4.76. The lowest BCUT2D eigenvalue weighted by molar-refractivity contribution is 0.0735. The third kappa shape index (κ3) is 3.62. The minimum atomic E-state index is -0.0373. The van der Waals surface area contributed by atoms with Gasteiger partial charge in [0, 0.05) is 52.4 Å². The van der Waals surface area contributed by atoms with Crippen LogP contribution in [-0.4, -0.2) is 67.6 Å². The van der Waals surface area contributed by atoms with Crippen molar-refractivity contribution in [2.45, 2.75) is 19.4 Å². The van der Waals surface area contributed by atoms with Crippen molar-refractivity contribution in [3.8, 4) is 0 Å². The molecule has 4 heterocycles. The van der Waals surface area contributed by atoms with Crippen LogP contribution in [0, 0.1) is 0 Å². The van der Waals surface area contributed by atoms with Crippen LogP contribution in [0.4, 0.5) is 11.8 Å². The predicted octanol–water partition coefficient (Wildman–Crippen LogP) is 1.13. The summed E-state index contributed by atoms with van der Waals surface area (Å²) >= 11 is 0. The van der Waals surface area contributed by atoms with E-state index in [0.29, 0.717) is 12.3 Å². The summed E-state index contributed by atoms with van der Waals surface area (Å²) in [6.07, 6.45) is 3.38. The Kier molecular flexibility index (Phi) is 4.98. The predicted molar refractivity (Wildman–Crippen MR) is 103 cm³/mol. The molecular weight excluding hydrogens is 344 g/mol. The molecule has 0 radical (unpaired) electrons. The molecule has 1 fully saturated rings. The van der Waals surface area contributed by atoms with Crippen molar-refractivity contribution in [3.63, 3.8) is 0 Å². The Balaban J connectivity index is 1.57. The average Bonchev–Trinajstić information content (AvgIpc) is 3.11. The number of furan rings is 1. The van der Waals surface area contributed by atoms with E-state index in [0.717, 1.165) is 63.0 Å². The van der Waals surface area contributed by atoms with Crippen LogP contribution in [-0.2, 0) is 13.0 Å². The zero-order chi connectivity index (χ0) is 18.8. The van der Waals surface area contributed by atoms with Gasteiger partial charge in [-0.05, 0) is 31.5 Å². The molecule has 1 N–H and O–H groups in total. The minimum Gasteiger partial charge on any atom is -0.459 e. The molecule has 0 saturated carbocycles. The summed E-state index contributed by atoms with van der Waals surface area (Å²) in [5, 5.41) is 3.40. The molecule has 0 bridgehead atoms. The Labute approximate surface area is 159 Å². The maximum absolute atomic E-state index is 12.6. The molecule has 0 spiro atoms. The quantitative estimate of drug-likeness (QED) is 0.868. The number of nitrogens with zero attached hydrogens (tertiary/aromatic N) is 5. The Hall–Kier alpha value is -2.61. The average molecular weight is 370 g/mol. The molecule has 2 aromatic rings. The standard InChI is InChI=1S/C19H26N6O2/c1-23(2)19-21-15-13-20-7-6-14(15)17(22-19)24-8-4-9-25(11-10-24)18(26)16-5-3-12-27-16/h3,5,12,20H,4,6-11,13H2,1-2H3. The van der Waals surface area contributed by atoms with Crippen LogP contribution in [0.2, 0.25) is 0 Å². The van der Waals surface area contributed by atoms with E-state index in [9.17, 15) is 4.79 Å². The van der Waals surface area contributed by atoms with Crippen LogP contribution in [0.1, 0.15) is 28.2 Å². The smallest absolute Gasteiger partial charge is 0.289 e. The van der Waals surface area contributed by atoms with Crippen molar-refractivity contribution < 1.29 is 9.21 Å². The first kappa shape index (κ1) is 17.8. The van der Waals surface area contributed by atoms with Crippen LogP contribution in [0.5, 0.6) is 0 Å². The first-order valence-corrected chi connectivity index (χ1v) is 9.49. The zero-order valence-electron chi connectivity index (χ0n) is 15.9. The number of carbonyl (C=O) groups excluding carboxylic acids is 1. The number of amides is 1. The summed E-state index contributed by atoms with van der Waals surface area (Å²) in [4.78, 5) is 28.3. The van der Waals surface area contributed by atoms with E-state index in [1.54, 1.807) is 18.4 Å². The summed E-state index contributed by atoms with van der Waals surface area (Å²) in [7, 11) is 3.93. The van der Waals surface area contributed by atoms with E-state index in [-0.39, 0.29) is 5.91 Å². The van der Waals surface area contributed by atoms with Crippen LogP contribution in [0.25, 0.3) is 0 Å². The van der Waals surface area contributed by atoms with Gasteiger partial charge in [-0.25, -0.2) is 4.98 Å². The molecule has 1 saturated heterocycles. The van der Waals surface area contributed by atoms with Gasteiger partial charge in [-0.15, -0.1) is 0 Å². The number of anilines is 2. The third-order valence-corrected chi connectivity index (χ3v) is 5.12. The summed E-state index contributed by atoms with van der Waals surface area (Å²) < 4.78 is 5.28. The molecule has 144 valence electrons. The number of hydrogen-bond acceptors (Lipinski definition) is 7. The SMILES string of the molecule is CN(C)c1nc2c(c(N3CCCN(C(=O)c4ccco4)CC3)n1)CCNC2. The van der Waals surface area contributed by atoms with E-state index < -0.39 is 0 Å². The molecule has 2 aliphatic heterocycles. The number of hydrogen-bond donors (Lipinski definition) is 1. The van der Waals surface area contributed by atoms with Gasteiger partial charge >= 0.3 is 0 Å². The molecule has 1 amide bonds. The fraction of sp³-hybridized carbons (Fsp3) is 0.526. The second-order valence-corrected chi connectivity index (χ2v) is 7.20. The van der Waals surface area contributed by atoms with Crippen molar-refractivity contribution in [2.24, 2.45) is 0 Å². The molecule has 8 heteroatoms. The second kappa shape index (κ2) is 7.56. The Morgan fingerprint density at radius 1 is 1.22 bits per heavy atom. The number of fused-ring (bicyclic) bond motifs is 1.